The maximum absolute atomic E-state index is 12.9. The molecule has 3 unspecified atom stereocenters. The first-order valence-corrected chi connectivity index (χ1v) is 28.8. The number of phosphoric acid groups is 1. The first-order chi connectivity index (χ1) is 31.0. The van der Waals surface area contributed by atoms with Gasteiger partial charge in [0.1, 0.15) is 13.2 Å². The Morgan fingerprint density at radius 1 is 0.547 bits per heavy atom. The average Bonchev–Trinajstić information content (AvgIpc) is 3.25. The van der Waals surface area contributed by atoms with Crippen molar-refractivity contribution >= 4 is 13.7 Å². The highest BCUT2D eigenvalue weighted by Gasteiger charge is 2.23. The third-order valence-corrected chi connectivity index (χ3v) is 13.3. The number of hydrogen-bond acceptors (Lipinski definition) is 6. The lowest BCUT2D eigenvalue weighted by Gasteiger charge is -2.29. The van der Waals surface area contributed by atoms with Gasteiger partial charge in [0.15, 0.2) is 0 Å². The molecule has 1 amide bonds. The number of allylic oxidation sites excluding steroid dienone is 5. The monoisotopic (exact) mass is 923 g/mol. The van der Waals surface area contributed by atoms with Crippen LogP contribution in [0.15, 0.2) is 36.5 Å². The van der Waals surface area contributed by atoms with Gasteiger partial charge in [-0.1, -0.05) is 243 Å². The van der Waals surface area contributed by atoms with Gasteiger partial charge >= 0.3 is 0 Å². The first kappa shape index (κ1) is 62.7. The summed E-state index contributed by atoms with van der Waals surface area (Å²) in [7, 11) is 1.25. The van der Waals surface area contributed by atoms with Crippen LogP contribution >= 0.6 is 7.82 Å². The number of amides is 1. The fourth-order valence-electron chi connectivity index (χ4n) is 8.02. The highest BCUT2D eigenvalue weighted by Crippen LogP contribution is 2.38. The van der Waals surface area contributed by atoms with Crippen LogP contribution in [0.25, 0.3) is 0 Å². The average molecular weight is 923 g/mol. The van der Waals surface area contributed by atoms with Gasteiger partial charge in [0.05, 0.1) is 39.9 Å². The van der Waals surface area contributed by atoms with E-state index in [0.717, 1.165) is 70.6 Å². The third-order valence-electron chi connectivity index (χ3n) is 12.3. The minimum Gasteiger partial charge on any atom is -0.756 e. The first-order valence-electron chi connectivity index (χ1n) is 27.4. The van der Waals surface area contributed by atoms with Crippen molar-refractivity contribution in [1.82, 2.24) is 5.32 Å². The lowest BCUT2D eigenvalue weighted by molar-refractivity contribution is -0.870. The molecule has 0 fully saturated rings. The van der Waals surface area contributed by atoms with Crippen molar-refractivity contribution in [2.24, 2.45) is 0 Å². The summed E-state index contributed by atoms with van der Waals surface area (Å²) < 4.78 is 23.3. The van der Waals surface area contributed by atoms with Crippen molar-refractivity contribution in [3.8, 4) is 0 Å². The molecule has 2 N–H and O–H groups in total. The maximum Gasteiger partial charge on any atom is 0.268 e. The number of hydrogen-bond donors (Lipinski definition) is 2. The van der Waals surface area contributed by atoms with E-state index in [4.69, 9.17) is 9.05 Å². The second-order valence-corrected chi connectivity index (χ2v) is 21.3. The van der Waals surface area contributed by atoms with Crippen molar-refractivity contribution in [1.29, 1.82) is 0 Å². The molecule has 0 radical (unpaired) electrons. The number of aliphatic hydroxyl groups excluding tert-OH is 1. The molecule has 0 aromatic heterocycles. The van der Waals surface area contributed by atoms with Crippen LogP contribution in [0.2, 0.25) is 0 Å². The molecule has 0 aromatic carbocycles. The molecule has 0 heterocycles. The van der Waals surface area contributed by atoms with Gasteiger partial charge in [-0.15, -0.1) is 0 Å². The summed E-state index contributed by atoms with van der Waals surface area (Å²) in [5.41, 5.74) is 0. The van der Waals surface area contributed by atoms with E-state index in [0.29, 0.717) is 17.4 Å². The molecular formula is C55H107N2O6P. The standard InChI is InChI=1S/C55H107N2O6P/c1-6-8-10-12-14-16-18-20-21-22-23-24-25-26-27-28-29-30-31-32-33-34-35-37-38-40-42-44-46-48-54(58)53(52-63-64(60,61)62-51-50-57(3,4)5)56-55(59)49-47-45-43-41-39-36-19-17-15-13-11-9-7-2/h11,13,17,19,46,48,53-54,58H,6-10,12,14-16,18,20-45,47,49-52H2,1-5H3,(H-,56,59,60,61)/b13-11-,19-17-,48-46+. The van der Waals surface area contributed by atoms with Crippen LogP contribution in [0.3, 0.4) is 0 Å². The number of rotatable bonds is 50. The predicted molar refractivity (Wildman–Crippen MR) is 275 cm³/mol. The zero-order valence-electron chi connectivity index (χ0n) is 43.0. The van der Waals surface area contributed by atoms with Crippen molar-refractivity contribution in [3.63, 3.8) is 0 Å². The number of phosphoric ester groups is 1. The fraction of sp³-hybridized carbons (Fsp3) is 0.873. The summed E-state index contributed by atoms with van der Waals surface area (Å²) in [5.74, 6) is -0.211. The lowest BCUT2D eigenvalue weighted by atomic mass is 10.0. The van der Waals surface area contributed by atoms with Gasteiger partial charge in [0.2, 0.25) is 5.91 Å². The van der Waals surface area contributed by atoms with E-state index in [1.165, 1.54) is 167 Å². The van der Waals surface area contributed by atoms with Crippen LogP contribution < -0.4 is 10.2 Å². The Kier molecular flexibility index (Phi) is 45.9. The Hall–Kier alpha value is -1.28. The molecule has 0 bridgehead atoms. The van der Waals surface area contributed by atoms with Crippen LogP contribution in [0.5, 0.6) is 0 Å². The SMILES string of the molecule is CCC/C=C\C/C=C\CCCCCCCC(=O)NC(COP(=O)([O-])OCC[N+](C)(C)C)C(O)/C=C/CCCCCCCCCCCCCCCCCCCCCCCCCCCCC. The van der Waals surface area contributed by atoms with Crippen molar-refractivity contribution < 1.29 is 32.9 Å². The zero-order valence-corrected chi connectivity index (χ0v) is 43.9. The Morgan fingerprint density at radius 2 is 0.938 bits per heavy atom. The quantitative estimate of drug-likeness (QED) is 0.0272. The number of nitrogens with one attached hydrogen (secondary N) is 1. The maximum atomic E-state index is 12.9. The number of unbranched alkanes of at least 4 members (excludes halogenated alkanes) is 33. The minimum atomic E-state index is -4.60. The molecule has 3 atom stereocenters. The summed E-state index contributed by atoms with van der Waals surface area (Å²) in [5, 5.41) is 13.8. The normalized spacial score (nSPS) is 14.3. The van der Waals surface area contributed by atoms with Gasteiger partial charge in [-0.05, 0) is 44.9 Å². The molecule has 0 aliphatic rings. The van der Waals surface area contributed by atoms with Crippen LogP contribution in [-0.4, -0.2) is 68.5 Å². The van der Waals surface area contributed by atoms with E-state index in [1.807, 2.05) is 27.2 Å². The topological polar surface area (TPSA) is 108 Å². The number of carbonyl (C=O) groups excluding carboxylic acids is 1. The lowest BCUT2D eigenvalue weighted by Crippen LogP contribution is -2.45. The summed E-state index contributed by atoms with van der Waals surface area (Å²) in [6.07, 6.45) is 59.4. The number of likely N-dealkylation sites (N-methyl/N-ethyl adjacent to an activating group) is 1. The van der Waals surface area contributed by atoms with Gasteiger partial charge in [0.25, 0.3) is 7.82 Å². The van der Waals surface area contributed by atoms with Crippen LogP contribution in [-0.2, 0) is 18.4 Å². The van der Waals surface area contributed by atoms with Crippen molar-refractivity contribution in [2.45, 2.75) is 270 Å². The Balaban J connectivity index is 4.12. The molecular weight excluding hydrogens is 816 g/mol. The van der Waals surface area contributed by atoms with Crippen molar-refractivity contribution in [3.05, 3.63) is 36.5 Å². The van der Waals surface area contributed by atoms with Gasteiger partial charge < -0.3 is 28.8 Å². The van der Waals surface area contributed by atoms with Crippen LogP contribution in [0.4, 0.5) is 0 Å². The molecule has 8 nitrogen and oxygen atoms in total. The van der Waals surface area contributed by atoms with E-state index >= 15 is 0 Å². The molecule has 0 spiro atoms. The highest BCUT2D eigenvalue weighted by molar-refractivity contribution is 7.45. The molecule has 0 aromatic rings. The van der Waals surface area contributed by atoms with Gasteiger partial charge in [0, 0.05) is 6.42 Å². The largest absolute Gasteiger partial charge is 0.756 e. The van der Waals surface area contributed by atoms with Gasteiger partial charge in [-0.25, -0.2) is 0 Å². The Morgan fingerprint density at radius 3 is 1.36 bits per heavy atom. The van der Waals surface area contributed by atoms with Crippen LogP contribution in [0.1, 0.15) is 258 Å². The second-order valence-electron chi connectivity index (χ2n) is 19.9. The Labute approximate surface area is 397 Å². The van der Waals surface area contributed by atoms with E-state index in [2.05, 4.69) is 43.5 Å². The second kappa shape index (κ2) is 46.8. The minimum absolute atomic E-state index is 0.00388. The molecule has 0 saturated carbocycles. The van der Waals surface area contributed by atoms with Crippen LogP contribution in [0, 0.1) is 0 Å². The number of aliphatic hydroxyl groups is 1. The molecule has 0 aliphatic heterocycles. The van der Waals surface area contributed by atoms with E-state index < -0.39 is 20.0 Å². The molecule has 0 rings (SSSR count). The Bertz CT molecular complexity index is 1140. The predicted octanol–water partition coefficient (Wildman–Crippen LogP) is 15.6. The van der Waals surface area contributed by atoms with Gasteiger partial charge in [-0.3, -0.25) is 9.36 Å². The summed E-state index contributed by atoms with van der Waals surface area (Å²) >= 11 is 0. The number of carbonyl (C=O) groups is 1. The summed E-state index contributed by atoms with van der Waals surface area (Å²) in [4.78, 5) is 25.4. The number of quaternary nitrogens is 1. The van der Waals surface area contributed by atoms with Crippen molar-refractivity contribution in [2.75, 3.05) is 40.9 Å². The third kappa shape index (κ3) is 48.6. The van der Waals surface area contributed by atoms with E-state index in [1.54, 1.807) is 6.08 Å². The number of nitrogens with zero attached hydrogens (tertiary/aromatic N) is 1. The fourth-order valence-corrected chi connectivity index (χ4v) is 8.74. The zero-order chi connectivity index (χ0) is 47.1. The molecule has 0 aliphatic carbocycles. The molecule has 378 valence electrons. The van der Waals surface area contributed by atoms with E-state index in [9.17, 15) is 19.4 Å². The summed E-state index contributed by atoms with van der Waals surface area (Å²) in [6.45, 7) is 4.59. The molecule has 0 saturated heterocycles. The van der Waals surface area contributed by atoms with E-state index in [-0.39, 0.29) is 19.1 Å². The molecule has 64 heavy (non-hydrogen) atoms. The molecule has 9 heteroatoms. The smallest absolute Gasteiger partial charge is 0.268 e. The van der Waals surface area contributed by atoms with Gasteiger partial charge in [-0.2, -0.15) is 0 Å². The summed E-state index contributed by atoms with van der Waals surface area (Å²) in [6, 6.07) is -0.893. The highest BCUT2D eigenvalue weighted by atomic mass is 31.2.